The number of amides is 2. The van der Waals surface area contributed by atoms with Gasteiger partial charge in [0.1, 0.15) is 0 Å². The third kappa shape index (κ3) is 6.22. The summed E-state index contributed by atoms with van der Waals surface area (Å²) >= 11 is 0. The monoisotopic (exact) mass is 436 g/mol. The molecule has 2 saturated heterocycles. The Morgan fingerprint density at radius 3 is 2.36 bits per heavy atom. The average molecular weight is 437 g/mol. The Kier molecular flexibility index (Phi) is 11.1. The summed E-state index contributed by atoms with van der Waals surface area (Å²) in [4.78, 5) is 31.5. The third-order valence-electron chi connectivity index (χ3n) is 6.54. The lowest BCUT2D eigenvalue weighted by molar-refractivity contribution is -0.133. The number of carbonyl (C=O) groups excluding carboxylic acids is 2. The van der Waals surface area contributed by atoms with E-state index < -0.39 is 0 Å². The summed E-state index contributed by atoms with van der Waals surface area (Å²) in [7, 11) is 0. The van der Waals surface area contributed by atoms with Gasteiger partial charge in [-0.15, -0.1) is 24.8 Å². The Morgan fingerprint density at radius 2 is 1.68 bits per heavy atom. The van der Waals surface area contributed by atoms with E-state index in [9.17, 15) is 9.59 Å². The Morgan fingerprint density at radius 1 is 0.964 bits per heavy atom. The van der Waals surface area contributed by atoms with E-state index in [4.69, 9.17) is 0 Å². The molecular weight excluding hydrogens is 399 g/mol. The number of nitrogens with zero attached hydrogens (tertiary/aromatic N) is 3. The van der Waals surface area contributed by atoms with Crippen LogP contribution in [0.15, 0.2) is 0 Å². The van der Waals surface area contributed by atoms with Crippen molar-refractivity contribution < 1.29 is 9.59 Å². The molecule has 1 N–H and O–H groups in total. The summed E-state index contributed by atoms with van der Waals surface area (Å²) in [5, 5.41) is 3.62. The minimum atomic E-state index is 0. The van der Waals surface area contributed by atoms with E-state index >= 15 is 0 Å². The molecule has 3 rings (SSSR count). The fraction of sp³-hybridized carbons (Fsp3) is 0.900. The standard InChI is InChI=1S/C20H36N4O2.2ClH/c1-3-23(4-2)19(25)15-22-10-7-11-24(13-12-22)20(26)18-14-16-8-5-6-9-17(16)21-18;;/h16-18,21H,3-15H2,1-2H3;2*1H. The normalized spacial score (nSPS) is 27.8. The highest BCUT2D eigenvalue weighted by Gasteiger charge is 2.39. The summed E-state index contributed by atoms with van der Waals surface area (Å²) in [5.41, 5.74) is 0. The topological polar surface area (TPSA) is 55.9 Å². The molecule has 3 aliphatic rings. The van der Waals surface area contributed by atoms with Crippen LogP contribution in [0.1, 0.15) is 52.4 Å². The van der Waals surface area contributed by atoms with Gasteiger partial charge in [0.05, 0.1) is 12.6 Å². The number of rotatable bonds is 5. The molecule has 3 fully saturated rings. The van der Waals surface area contributed by atoms with Crippen molar-refractivity contribution >= 4 is 36.6 Å². The van der Waals surface area contributed by atoms with Gasteiger partial charge in [-0.05, 0) is 45.4 Å². The number of carbonyl (C=O) groups is 2. The molecule has 0 aromatic rings. The number of fused-ring (bicyclic) bond motifs is 1. The first-order valence-electron chi connectivity index (χ1n) is 10.7. The molecule has 3 unspecified atom stereocenters. The zero-order valence-electron chi connectivity index (χ0n) is 17.4. The molecule has 2 amide bonds. The second-order valence-electron chi connectivity index (χ2n) is 8.13. The Bertz CT molecular complexity index is 491. The molecular formula is C20H38Cl2N4O2. The van der Waals surface area contributed by atoms with Crippen molar-refractivity contribution in [2.24, 2.45) is 5.92 Å². The highest BCUT2D eigenvalue weighted by Crippen LogP contribution is 2.33. The van der Waals surface area contributed by atoms with E-state index in [2.05, 4.69) is 10.2 Å². The van der Waals surface area contributed by atoms with Crippen molar-refractivity contribution in [1.29, 1.82) is 0 Å². The smallest absolute Gasteiger partial charge is 0.239 e. The average Bonchev–Trinajstić information content (AvgIpc) is 2.95. The van der Waals surface area contributed by atoms with Crippen molar-refractivity contribution in [3.8, 4) is 0 Å². The Labute approximate surface area is 182 Å². The van der Waals surface area contributed by atoms with Crippen LogP contribution in [0.25, 0.3) is 0 Å². The van der Waals surface area contributed by atoms with E-state index in [1.165, 1.54) is 25.7 Å². The predicted molar refractivity (Wildman–Crippen MR) is 117 cm³/mol. The highest BCUT2D eigenvalue weighted by molar-refractivity contribution is 5.85. The molecule has 3 atom stereocenters. The molecule has 2 heterocycles. The maximum absolute atomic E-state index is 13.0. The minimum Gasteiger partial charge on any atom is -0.342 e. The van der Waals surface area contributed by atoms with Gasteiger partial charge in [0, 0.05) is 45.3 Å². The zero-order chi connectivity index (χ0) is 18.5. The Balaban J connectivity index is 0.00000196. The first kappa shape index (κ1) is 25.5. The highest BCUT2D eigenvalue weighted by atomic mass is 35.5. The van der Waals surface area contributed by atoms with Crippen LogP contribution in [-0.2, 0) is 9.59 Å². The molecule has 2 aliphatic heterocycles. The molecule has 28 heavy (non-hydrogen) atoms. The summed E-state index contributed by atoms with van der Waals surface area (Å²) in [6.07, 6.45) is 7.11. The van der Waals surface area contributed by atoms with Gasteiger partial charge in [-0.1, -0.05) is 12.8 Å². The summed E-state index contributed by atoms with van der Waals surface area (Å²) in [5.74, 6) is 1.19. The van der Waals surface area contributed by atoms with Crippen LogP contribution in [0, 0.1) is 5.92 Å². The molecule has 8 heteroatoms. The van der Waals surface area contributed by atoms with Crippen LogP contribution in [0.5, 0.6) is 0 Å². The fourth-order valence-corrected chi connectivity index (χ4v) is 4.95. The van der Waals surface area contributed by atoms with Crippen molar-refractivity contribution in [2.45, 2.75) is 64.5 Å². The van der Waals surface area contributed by atoms with E-state index in [0.717, 1.165) is 52.1 Å². The van der Waals surface area contributed by atoms with Gasteiger partial charge in [0.25, 0.3) is 0 Å². The second-order valence-corrected chi connectivity index (χ2v) is 8.13. The second kappa shape index (κ2) is 12.2. The Hall–Kier alpha value is -0.560. The summed E-state index contributed by atoms with van der Waals surface area (Å²) in [6.45, 7) is 9.34. The van der Waals surface area contributed by atoms with Crippen molar-refractivity contribution in [3.63, 3.8) is 0 Å². The number of nitrogens with one attached hydrogen (secondary N) is 1. The van der Waals surface area contributed by atoms with E-state index in [1.807, 2.05) is 23.6 Å². The quantitative estimate of drug-likeness (QED) is 0.716. The zero-order valence-corrected chi connectivity index (χ0v) is 19.0. The number of hydrogen-bond donors (Lipinski definition) is 1. The van der Waals surface area contributed by atoms with E-state index in [1.54, 1.807) is 0 Å². The summed E-state index contributed by atoms with van der Waals surface area (Å²) < 4.78 is 0. The van der Waals surface area contributed by atoms with Gasteiger partial charge in [0.15, 0.2) is 0 Å². The molecule has 6 nitrogen and oxygen atoms in total. The molecule has 1 saturated carbocycles. The molecule has 0 aromatic carbocycles. The van der Waals surface area contributed by atoms with E-state index in [0.29, 0.717) is 18.5 Å². The van der Waals surface area contributed by atoms with E-state index in [-0.39, 0.29) is 42.7 Å². The van der Waals surface area contributed by atoms with Crippen molar-refractivity contribution in [1.82, 2.24) is 20.0 Å². The van der Waals surface area contributed by atoms with Gasteiger partial charge in [0.2, 0.25) is 11.8 Å². The lowest BCUT2D eigenvalue weighted by Gasteiger charge is -2.26. The van der Waals surface area contributed by atoms with Crippen LogP contribution in [0.4, 0.5) is 0 Å². The van der Waals surface area contributed by atoms with Crippen LogP contribution in [0.3, 0.4) is 0 Å². The van der Waals surface area contributed by atoms with Crippen LogP contribution < -0.4 is 5.32 Å². The van der Waals surface area contributed by atoms with Gasteiger partial charge in [-0.3, -0.25) is 14.5 Å². The van der Waals surface area contributed by atoms with Gasteiger partial charge in [-0.25, -0.2) is 0 Å². The summed E-state index contributed by atoms with van der Waals surface area (Å²) in [6, 6.07) is 0.583. The first-order valence-corrected chi connectivity index (χ1v) is 10.7. The van der Waals surface area contributed by atoms with Crippen LogP contribution >= 0.6 is 24.8 Å². The van der Waals surface area contributed by atoms with Gasteiger partial charge >= 0.3 is 0 Å². The molecule has 164 valence electrons. The number of likely N-dealkylation sites (N-methyl/N-ethyl adjacent to an activating group) is 1. The molecule has 0 radical (unpaired) electrons. The molecule has 0 spiro atoms. The van der Waals surface area contributed by atoms with Crippen molar-refractivity contribution in [2.75, 3.05) is 45.8 Å². The lowest BCUT2D eigenvalue weighted by atomic mass is 9.85. The van der Waals surface area contributed by atoms with Gasteiger partial charge < -0.3 is 15.1 Å². The minimum absolute atomic E-state index is 0. The predicted octanol–water partition coefficient (Wildman–Crippen LogP) is 2.15. The molecule has 0 bridgehead atoms. The SMILES string of the molecule is CCN(CC)C(=O)CN1CCCN(C(=O)C2CC3CCCCC3N2)CC1.Cl.Cl. The van der Waals surface area contributed by atoms with Crippen LogP contribution in [0.2, 0.25) is 0 Å². The third-order valence-corrected chi connectivity index (χ3v) is 6.54. The lowest BCUT2D eigenvalue weighted by Crippen LogP contribution is -2.47. The molecule has 0 aromatic heterocycles. The van der Waals surface area contributed by atoms with Crippen LogP contribution in [-0.4, -0.2) is 84.4 Å². The number of hydrogen-bond acceptors (Lipinski definition) is 4. The maximum atomic E-state index is 13.0. The largest absolute Gasteiger partial charge is 0.342 e. The fourth-order valence-electron chi connectivity index (χ4n) is 4.95. The molecule has 1 aliphatic carbocycles. The van der Waals surface area contributed by atoms with Crippen molar-refractivity contribution in [3.05, 3.63) is 0 Å². The maximum Gasteiger partial charge on any atom is 0.239 e. The number of halogens is 2. The van der Waals surface area contributed by atoms with Gasteiger partial charge in [-0.2, -0.15) is 0 Å². The first-order chi connectivity index (χ1) is 12.6.